The largest absolute Gasteiger partial charge is 0.383 e. The summed E-state index contributed by atoms with van der Waals surface area (Å²) in [7, 11) is 3.92. The number of amides is 1. The van der Waals surface area contributed by atoms with E-state index in [4.69, 9.17) is 4.74 Å². The van der Waals surface area contributed by atoms with Crippen molar-refractivity contribution in [3.8, 4) is 0 Å². The van der Waals surface area contributed by atoms with Gasteiger partial charge in [0, 0.05) is 38.7 Å². The highest BCUT2D eigenvalue weighted by molar-refractivity contribution is 5.85. The monoisotopic (exact) mass is 375 g/mol. The van der Waals surface area contributed by atoms with Gasteiger partial charge in [-0.25, -0.2) is 0 Å². The van der Waals surface area contributed by atoms with Gasteiger partial charge in [0.1, 0.15) is 0 Å². The van der Waals surface area contributed by atoms with E-state index in [0.29, 0.717) is 11.9 Å². The van der Waals surface area contributed by atoms with E-state index >= 15 is 0 Å². The van der Waals surface area contributed by atoms with Crippen LogP contribution in [0.3, 0.4) is 0 Å². The third-order valence-corrected chi connectivity index (χ3v) is 5.73. The summed E-state index contributed by atoms with van der Waals surface area (Å²) in [6, 6.07) is 0.486. The Morgan fingerprint density at radius 2 is 1.96 bits per heavy atom. The average molecular weight is 376 g/mol. The fourth-order valence-corrected chi connectivity index (χ4v) is 4.07. The molecule has 0 radical (unpaired) electrons. The first-order valence-corrected chi connectivity index (χ1v) is 9.79. The second-order valence-corrected chi connectivity index (χ2v) is 7.78. The molecule has 0 aliphatic carbocycles. The lowest BCUT2D eigenvalue weighted by atomic mass is 9.88. The van der Waals surface area contributed by atoms with Gasteiger partial charge in [-0.3, -0.25) is 4.79 Å². The molecule has 0 aromatic carbocycles. The highest BCUT2D eigenvalue weighted by Gasteiger charge is 2.30. The third kappa shape index (κ3) is 7.81. The lowest BCUT2D eigenvalue weighted by Gasteiger charge is -2.36. The predicted molar refractivity (Wildman–Crippen MR) is 105 cm³/mol. The number of hydrogen-bond donors (Lipinski definition) is 1. The standard InChI is InChI=1S/C19H37N3O2.ClH/c1-16-15-18(6-9-20-16)19(23)22-11-7-17(8-12-22)5-4-10-21(2)13-14-24-3;/h16-18,20H,4-15H2,1-3H3;1H/t16-,18-;/m0./s1. The molecule has 0 unspecified atom stereocenters. The number of piperidine rings is 2. The van der Waals surface area contributed by atoms with Crippen LogP contribution < -0.4 is 5.32 Å². The minimum atomic E-state index is 0. The van der Waals surface area contributed by atoms with E-state index in [-0.39, 0.29) is 18.3 Å². The van der Waals surface area contributed by atoms with E-state index in [9.17, 15) is 4.79 Å². The summed E-state index contributed by atoms with van der Waals surface area (Å²) in [4.78, 5) is 17.2. The van der Waals surface area contributed by atoms with Crippen LogP contribution in [-0.4, -0.2) is 75.2 Å². The molecule has 2 saturated heterocycles. The number of likely N-dealkylation sites (tertiary alicyclic amines) is 1. The van der Waals surface area contributed by atoms with E-state index in [2.05, 4.69) is 29.1 Å². The van der Waals surface area contributed by atoms with Crippen molar-refractivity contribution < 1.29 is 9.53 Å². The second-order valence-electron chi connectivity index (χ2n) is 7.78. The minimum Gasteiger partial charge on any atom is -0.383 e. The van der Waals surface area contributed by atoms with Crippen molar-refractivity contribution in [3.05, 3.63) is 0 Å². The molecule has 5 nitrogen and oxygen atoms in total. The maximum absolute atomic E-state index is 12.7. The zero-order valence-electron chi connectivity index (χ0n) is 16.3. The summed E-state index contributed by atoms with van der Waals surface area (Å²) in [5, 5.41) is 3.44. The number of ether oxygens (including phenoxy) is 1. The van der Waals surface area contributed by atoms with Crippen LogP contribution in [0.5, 0.6) is 0 Å². The maximum Gasteiger partial charge on any atom is 0.225 e. The van der Waals surface area contributed by atoms with Gasteiger partial charge < -0.3 is 19.9 Å². The maximum atomic E-state index is 12.7. The zero-order chi connectivity index (χ0) is 17.4. The molecule has 1 amide bonds. The van der Waals surface area contributed by atoms with E-state index < -0.39 is 0 Å². The zero-order valence-corrected chi connectivity index (χ0v) is 17.2. The molecule has 0 spiro atoms. The number of likely N-dealkylation sites (N-methyl/N-ethyl adjacent to an activating group) is 1. The molecule has 2 aliphatic rings. The van der Waals surface area contributed by atoms with Gasteiger partial charge in [-0.1, -0.05) is 0 Å². The fourth-order valence-electron chi connectivity index (χ4n) is 4.07. The normalized spacial score (nSPS) is 25.0. The van der Waals surface area contributed by atoms with Crippen LogP contribution >= 0.6 is 12.4 Å². The van der Waals surface area contributed by atoms with Crippen LogP contribution in [0.1, 0.15) is 45.4 Å². The van der Waals surface area contributed by atoms with Gasteiger partial charge in [-0.2, -0.15) is 0 Å². The first kappa shape index (κ1) is 22.7. The van der Waals surface area contributed by atoms with Gasteiger partial charge >= 0.3 is 0 Å². The molecule has 0 aromatic heterocycles. The van der Waals surface area contributed by atoms with Crippen molar-refractivity contribution in [2.45, 2.75) is 51.5 Å². The Labute approximate surface area is 160 Å². The van der Waals surface area contributed by atoms with Crippen molar-refractivity contribution in [2.24, 2.45) is 11.8 Å². The summed E-state index contributed by atoms with van der Waals surface area (Å²) in [5.74, 6) is 1.48. The molecule has 2 fully saturated rings. The third-order valence-electron chi connectivity index (χ3n) is 5.73. The Bertz CT molecular complexity index is 376. The topological polar surface area (TPSA) is 44.8 Å². The molecule has 2 heterocycles. The molecule has 2 atom stereocenters. The van der Waals surface area contributed by atoms with Crippen LogP contribution in [0.25, 0.3) is 0 Å². The molecule has 0 saturated carbocycles. The van der Waals surface area contributed by atoms with E-state index in [1.165, 1.54) is 25.7 Å². The van der Waals surface area contributed by atoms with Gasteiger partial charge in [0.05, 0.1) is 6.61 Å². The molecular formula is C19H38ClN3O2. The number of methoxy groups -OCH3 is 1. The van der Waals surface area contributed by atoms with E-state index in [1.807, 2.05) is 0 Å². The summed E-state index contributed by atoms with van der Waals surface area (Å²) >= 11 is 0. The molecular weight excluding hydrogens is 338 g/mol. The van der Waals surface area contributed by atoms with E-state index in [1.54, 1.807) is 7.11 Å². The van der Waals surface area contributed by atoms with Gasteiger partial charge in [0.2, 0.25) is 5.91 Å². The Morgan fingerprint density at radius 1 is 1.24 bits per heavy atom. The molecule has 25 heavy (non-hydrogen) atoms. The number of halogens is 1. The second kappa shape index (κ2) is 12.1. The van der Waals surface area contributed by atoms with Gasteiger partial charge in [0.25, 0.3) is 0 Å². The van der Waals surface area contributed by atoms with E-state index in [0.717, 1.165) is 58.1 Å². The summed E-state index contributed by atoms with van der Waals surface area (Å²) in [5.41, 5.74) is 0. The first-order valence-electron chi connectivity index (χ1n) is 9.79. The van der Waals surface area contributed by atoms with Crippen molar-refractivity contribution in [2.75, 3.05) is 53.5 Å². The summed E-state index contributed by atoms with van der Waals surface area (Å²) in [6.07, 6.45) is 6.94. The molecule has 2 aliphatic heterocycles. The van der Waals surface area contributed by atoms with Crippen molar-refractivity contribution in [3.63, 3.8) is 0 Å². The molecule has 2 rings (SSSR count). The summed E-state index contributed by atoms with van der Waals surface area (Å²) in [6.45, 7) is 8.10. The number of rotatable bonds is 8. The Hall–Kier alpha value is -0.360. The Balaban J connectivity index is 0.00000312. The Kier molecular flexibility index (Phi) is 11.0. The lowest BCUT2D eigenvalue weighted by Crippen LogP contribution is -2.46. The van der Waals surface area contributed by atoms with Crippen molar-refractivity contribution in [1.82, 2.24) is 15.1 Å². The number of carbonyl (C=O) groups is 1. The molecule has 148 valence electrons. The summed E-state index contributed by atoms with van der Waals surface area (Å²) < 4.78 is 5.12. The van der Waals surface area contributed by atoms with Crippen molar-refractivity contribution >= 4 is 18.3 Å². The van der Waals surface area contributed by atoms with Crippen LogP contribution in [0.4, 0.5) is 0 Å². The molecule has 1 N–H and O–H groups in total. The smallest absolute Gasteiger partial charge is 0.225 e. The molecule has 6 heteroatoms. The van der Waals surface area contributed by atoms with Gasteiger partial charge in [-0.15, -0.1) is 12.4 Å². The van der Waals surface area contributed by atoms with Crippen molar-refractivity contribution in [1.29, 1.82) is 0 Å². The average Bonchev–Trinajstić information content (AvgIpc) is 2.60. The quantitative estimate of drug-likeness (QED) is 0.707. The molecule has 0 bridgehead atoms. The number of nitrogens with zero attached hydrogens (tertiary/aromatic N) is 2. The van der Waals surface area contributed by atoms with Crippen LogP contribution in [0.2, 0.25) is 0 Å². The predicted octanol–water partition coefficient (Wildman–Crippen LogP) is 2.39. The molecule has 0 aromatic rings. The van der Waals surface area contributed by atoms with Crippen LogP contribution in [-0.2, 0) is 9.53 Å². The SMILES string of the molecule is COCCN(C)CCCC1CCN(C(=O)[C@H]2CCN[C@@H](C)C2)CC1.Cl. The highest BCUT2D eigenvalue weighted by atomic mass is 35.5. The number of carbonyl (C=O) groups excluding carboxylic acids is 1. The lowest BCUT2D eigenvalue weighted by molar-refractivity contribution is -0.138. The number of hydrogen-bond acceptors (Lipinski definition) is 4. The van der Waals surface area contributed by atoms with Crippen LogP contribution in [0, 0.1) is 11.8 Å². The minimum absolute atomic E-state index is 0. The first-order chi connectivity index (χ1) is 11.6. The Morgan fingerprint density at radius 3 is 2.60 bits per heavy atom. The highest BCUT2D eigenvalue weighted by Crippen LogP contribution is 2.25. The van der Waals surface area contributed by atoms with Gasteiger partial charge in [-0.05, 0) is 71.5 Å². The van der Waals surface area contributed by atoms with Crippen LogP contribution in [0.15, 0.2) is 0 Å². The van der Waals surface area contributed by atoms with Gasteiger partial charge in [0.15, 0.2) is 0 Å². The fraction of sp³-hybridized carbons (Fsp3) is 0.947. The number of nitrogens with one attached hydrogen (secondary N) is 1.